The molecule has 1 aromatic carbocycles. The fourth-order valence-corrected chi connectivity index (χ4v) is 3.75. The summed E-state index contributed by atoms with van der Waals surface area (Å²) in [7, 11) is 0. The van der Waals surface area contributed by atoms with Crippen molar-refractivity contribution in [3.63, 3.8) is 0 Å². The maximum Gasteiger partial charge on any atom is 0.254 e. The second-order valence-corrected chi connectivity index (χ2v) is 5.98. The maximum absolute atomic E-state index is 12.4. The van der Waals surface area contributed by atoms with Gasteiger partial charge in [0.05, 0.1) is 18.1 Å². The number of hydrogen-bond donors (Lipinski definition) is 2. The molecule has 22 heavy (non-hydrogen) atoms. The van der Waals surface area contributed by atoms with E-state index >= 15 is 0 Å². The average Bonchev–Trinajstić information content (AvgIpc) is 3.16. The van der Waals surface area contributed by atoms with Gasteiger partial charge < -0.3 is 10.2 Å². The molecule has 0 aromatic heterocycles. The number of amides is 2. The van der Waals surface area contributed by atoms with Crippen LogP contribution in [0.4, 0.5) is 0 Å². The number of nitrogens with zero attached hydrogens (tertiary/aromatic N) is 2. The molecule has 2 bridgehead atoms. The van der Waals surface area contributed by atoms with E-state index in [1.165, 1.54) is 24.4 Å². The van der Waals surface area contributed by atoms with Gasteiger partial charge in [0.25, 0.3) is 11.8 Å². The maximum atomic E-state index is 12.4. The van der Waals surface area contributed by atoms with Gasteiger partial charge in [-0.15, -0.1) is 0 Å². The molecule has 2 aliphatic carbocycles. The van der Waals surface area contributed by atoms with Crippen molar-refractivity contribution in [3.8, 4) is 11.5 Å². The van der Waals surface area contributed by atoms with E-state index in [2.05, 4.69) is 5.10 Å². The van der Waals surface area contributed by atoms with Crippen LogP contribution in [0.25, 0.3) is 0 Å². The Kier molecular flexibility index (Phi) is 2.63. The van der Waals surface area contributed by atoms with Crippen molar-refractivity contribution in [2.75, 3.05) is 0 Å². The normalized spacial score (nSPS) is 32.5. The lowest BCUT2D eigenvalue weighted by Gasteiger charge is -2.13. The summed E-state index contributed by atoms with van der Waals surface area (Å²) in [4.78, 5) is 24.8. The third-order valence-corrected chi connectivity index (χ3v) is 4.77. The number of carbonyl (C=O) groups excluding carboxylic acids is 2. The second kappa shape index (κ2) is 4.43. The summed E-state index contributed by atoms with van der Waals surface area (Å²) in [6.07, 6.45) is 6.28. The predicted molar refractivity (Wildman–Crippen MR) is 76.9 cm³/mol. The Balaban J connectivity index is 1.59. The van der Waals surface area contributed by atoms with E-state index < -0.39 is 0 Å². The number of phenols is 2. The summed E-state index contributed by atoms with van der Waals surface area (Å²) in [5.41, 5.74) is 0.494. The number of carbonyl (C=O) groups is 2. The highest BCUT2D eigenvalue weighted by atomic mass is 16.3. The summed E-state index contributed by atoms with van der Waals surface area (Å²) in [5.74, 6) is -1.23. The molecule has 112 valence electrons. The number of allylic oxidation sites excluding steroid dienone is 2. The number of benzene rings is 1. The first-order chi connectivity index (χ1) is 10.6. The molecule has 2 N–H and O–H groups in total. The number of phenolic OH excluding ortho intramolecular Hbond substituents is 2. The van der Waals surface area contributed by atoms with Gasteiger partial charge in [-0.1, -0.05) is 12.2 Å². The van der Waals surface area contributed by atoms with Crippen LogP contribution in [0.5, 0.6) is 11.5 Å². The minimum atomic E-state index is -0.276. The Morgan fingerprint density at radius 2 is 1.68 bits per heavy atom. The van der Waals surface area contributed by atoms with Crippen LogP contribution in [0.1, 0.15) is 12.0 Å². The molecule has 6 nitrogen and oxygen atoms in total. The van der Waals surface area contributed by atoms with Crippen LogP contribution in [0, 0.1) is 23.7 Å². The summed E-state index contributed by atoms with van der Waals surface area (Å²) < 4.78 is 0. The minimum absolute atomic E-state index is 0.157. The van der Waals surface area contributed by atoms with Crippen molar-refractivity contribution < 1.29 is 19.8 Å². The molecule has 4 rings (SSSR count). The van der Waals surface area contributed by atoms with Gasteiger partial charge in [-0.3, -0.25) is 9.59 Å². The number of fused-ring (bicyclic) bond motifs is 5. The molecule has 1 saturated carbocycles. The molecule has 2 amide bonds. The Bertz CT molecular complexity index is 710. The predicted octanol–water partition coefficient (Wildman–Crippen LogP) is 1.24. The number of hydrogen-bond acceptors (Lipinski definition) is 5. The quantitative estimate of drug-likeness (QED) is 0.372. The van der Waals surface area contributed by atoms with E-state index in [-0.39, 0.29) is 47.0 Å². The van der Waals surface area contributed by atoms with Crippen molar-refractivity contribution in [2.45, 2.75) is 6.42 Å². The van der Waals surface area contributed by atoms with E-state index in [4.69, 9.17) is 0 Å². The summed E-state index contributed by atoms with van der Waals surface area (Å²) in [5, 5.41) is 23.6. The first-order valence-corrected chi connectivity index (χ1v) is 7.18. The standard InChI is InChI=1S/C16H14N2O4/c19-11-4-1-8(5-12(11)20)7-17-18-15(21)13-9-2-3-10(6-9)14(13)16(18)22/h1-5,7,9-10,13-14,19-20H,6H2/b17-7+/t9-,10-,13-,14+/m1/s1. The second-order valence-electron chi connectivity index (χ2n) is 5.98. The van der Waals surface area contributed by atoms with Crippen LogP contribution < -0.4 is 0 Å². The summed E-state index contributed by atoms with van der Waals surface area (Å²) in [6.45, 7) is 0. The zero-order valence-electron chi connectivity index (χ0n) is 11.6. The molecule has 6 heteroatoms. The lowest BCUT2D eigenvalue weighted by Crippen LogP contribution is -2.28. The van der Waals surface area contributed by atoms with Crippen molar-refractivity contribution in [2.24, 2.45) is 28.8 Å². The van der Waals surface area contributed by atoms with Gasteiger partial charge in [0, 0.05) is 0 Å². The molecule has 3 aliphatic rings. The van der Waals surface area contributed by atoms with Crippen LogP contribution in [0.2, 0.25) is 0 Å². The lowest BCUT2D eigenvalue weighted by atomic mass is 9.85. The van der Waals surface area contributed by atoms with E-state index in [0.717, 1.165) is 11.4 Å². The lowest BCUT2D eigenvalue weighted by molar-refractivity contribution is -0.140. The first kappa shape index (κ1) is 13.1. The third kappa shape index (κ3) is 1.70. The monoisotopic (exact) mass is 298 g/mol. The van der Waals surface area contributed by atoms with Crippen LogP contribution in [-0.4, -0.2) is 33.3 Å². The van der Waals surface area contributed by atoms with Crippen LogP contribution in [0.15, 0.2) is 35.5 Å². The molecule has 1 aromatic rings. The molecular formula is C16H14N2O4. The van der Waals surface area contributed by atoms with Gasteiger partial charge in [-0.2, -0.15) is 10.1 Å². The van der Waals surface area contributed by atoms with Crippen LogP contribution in [-0.2, 0) is 9.59 Å². The molecule has 2 fully saturated rings. The molecule has 0 unspecified atom stereocenters. The Morgan fingerprint density at radius 3 is 2.27 bits per heavy atom. The van der Waals surface area contributed by atoms with Gasteiger partial charge in [0.1, 0.15) is 0 Å². The number of hydrazone groups is 1. The summed E-state index contributed by atoms with van der Waals surface area (Å²) in [6, 6.07) is 4.18. The van der Waals surface area contributed by atoms with Crippen molar-refractivity contribution in [1.82, 2.24) is 5.01 Å². The Morgan fingerprint density at radius 1 is 1.05 bits per heavy atom. The fraction of sp³-hybridized carbons (Fsp3) is 0.312. The Hall–Kier alpha value is -2.63. The van der Waals surface area contributed by atoms with Gasteiger partial charge >= 0.3 is 0 Å². The average molecular weight is 298 g/mol. The molecule has 4 atom stereocenters. The van der Waals surface area contributed by atoms with Crippen molar-refractivity contribution >= 4 is 18.0 Å². The van der Waals surface area contributed by atoms with Gasteiger partial charge in [-0.25, -0.2) is 0 Å². The van der Waals surface area contributed by atoms with Crippen LogP contribution >= 0.6 is 0 Å². The van der Waals surface area contributed by atoms with E-state index in [1.807, 2.05) is 12.2 Å². The van der Waals surface area contributed by atoms with E-state index in [0.29, 0.717) is 5.56 Å². The molecule has 1 heterocycles. The van der Waals surface area contributed by atoms with Crippen molar-refractivity contribution in [1.29, 1.82) is 0 Å². The summed E-state index contributed by atoms with van der Waals surface area (Å²) >= 11 is 0. The van der Waals surface area contributed by atoms with E-state index in [1.54, 1.807) is 0 Å². The highest BCUT2D eigenvalue weighted by Gasteiger charge is 2.59. The molecule has 0 spiro atoms. The largest absolute Gasteiger partial charge is 0.504 e. The number of aromatic hydroxyl groups is 2. The zero-order valence-corrected chi connectivity index (χ0v) is 11.6. The first-order valence-electron chi connectivity index (χ1n) is 7.18. The van der Waals surface area contributed by atoms with Crippen molar-refractivity contribution in [3.05, 3.63) is 35.9 Å². The van der Waals surface area contributed by atoms with Gasteiger partial charge in [-0.05, 0) is 42.0 Å². The molecule has 0 radical (unpaired) electrons. The minimum Gasteiger partial charge on any atom is -0.504 e. The molecule has 1 aliphatic heterocycles. The SMILES string of the molecule is O=C1[C@@H]2[C@H](C(=O)N1/N=C/c1ccc(O)c(O)c1)[C@@H]1C=C[C@@H]2C1. The highest BCUT2D eigenvalue weighted by Crippen LogP contribution is 2.52. The zero-order chi connectivity index (χ0) is 15.4. The third-order valence-electron chi connectivity index (χ3n) is 4.77. The Labute approximate surface area is 126 Å². The fourth-order valence-electron chi connectivity index (χ4n) is 3.75. The number of imide groups is 1. The highest BCUT2D eigenvalue weighted by molar-refractivity contribution is 6.06. The van der Waals surface area contributed by atoms with Crippen LogP contribution in [0.3, 0.4) is 0 Å². The van der Waals surface area contributed by atoms with Gasteiger partial charge in [0.15, 0.2) is 11.5 Å². The van der Waals surface area contributed by atoms with Gasteiger partial charge in [0.2, 0.25) is 0 Å². The number of rotatable bonds is 2. The molecule has 1 saturated heterocycles. The smallest absolute Gasteiger partial charge is 0.254 e. The molecular weight excluding hydrogens is 284 g/mol. The topological polar surface area (TPSA) is 90.2 Å². The van der Waals surface area contributed by atoms with E-state index in [9.17, 15) is 19.8 Å².